The number of imidazole rings is 1. The second-order valence-electron chi connectivity index (χ2n) is 5.78. The highest BCUT2D eigenvalue weighted by atomic mass is 32.1. The maximum Gasteiger partial charge on any atom is 0.234 e. The minimum Gasteiger partial charge on any atom is -0.454 e. The summed E-state index contributed by atoms with van der Waals surface area (Å²) in [5.41, 5.74) is 3.77. The number of hydrogen-bond donors (Lipinski definition) is 1. The Labute approximate surface area is 153 Å². The molecule has 0 unspecified atom stereocenters. The summed E-state index contributed by atoms with van der Waals surface area (Å²) in [6.45, 7) is 2.35. The van der Waals surface area contributed by atoms with Gasteiger partial charge in [-0.2, -0.15) is 0 Å². The standard InChI is InChI=1S/C18H15N5O2S/c1-2-12-16(23-7-3-6-19-17(23)21-12)13-9-26-18(22-13)20-11-4-5-14-15(8-11)25-10-24-14/h3-9H,2,10H2,1H3,(H,20,22). The van der Waals surface area contributed by atoms with E-state index in [1.807, 2.05) is 40.2 Å². The SMILES string of the molecule is CCc1nc2ncccn2c1-c1csc(Nc2ccc3c(c2)OCO3)n1. The second kappa shape index (κ2) is 5.99. The zero-order chi connectivity index (χ0) is 17.5. The smallest absolute Gasteiger partial charge is 0.234 e. The molecule has 130 valence electrons. The van der Waals surface area contributed by atoms with Gasteiger partial charge >= 0.3 is 0 Å². The number of thiazole rings is 1. The molecular weight excluding hydrogens is 350 g/mol. The molecule has 1 aliphatic heterocycles. The minimum atomic E-state index is 0.266. The molecule has 1 aliphatic rings. The van der Waals surface area contributed by atoms with Gasteiger partial charge in [-0.05, 0) is 24.6 Å². The average Bonchev–Trinajstić information content (AvgIpc) is 3.38. The lowest BCUT2D eigenvalue weighted by atomic mass is 10.2. The van der Waals surface area contributed by atoms with Crippen LogP contribution in [-0.4, -0.2) is 26.1 Å². The third kappa shape index (κ3) is 2.46. The molecule has 0 radical (unpaired) electrons. The second-order valence-corrected chi connectivity index (χ2v) is 6.64. The Morgan fingerprint density at radius 3 is 3.08 bits per heavy atom. The highest BCUT2D eigenvalue weighted by Gasteiger charge is 2.17. The van der Waals surface area contributed by atoms with E-state index in [9.17, 15) is 0 Å². The molecule has 0 amide bonds. The van der Waals surface area contributed by atoms with Gasteiger partial charge in [0.2, 0.25) is 12.6 Å². The minimum absolute atomic E-state index is 0.266. The fourth-order valence-corrected chi connectivity index (χ4v) is 3.70. The first kappa shape index (κ1) is 15.2. The summed E-state index contributed by atoms with van der Waals surface area (Å²) in [6.07, 6.45) is 4.54. The molecule has 0 aliphatic carbocycles. The van der Waals surface area contributed by atoms with Gasteiger partial charge in [-0.1, -0.05) is 6.92 Å². The monoisotopic (exact) mass is 365 g/mol. The predicted octanol–water partition coefficient (Wildman–Crippen LogP) is 3.89. The normalized spacial score (nSPS) is 12.7. The van der Waals surface area contributed by atoms with E-state index < -0.39 is 0 Å². The fraction of sp³-hybridized carbons (Fsp3) is 0.167. The molecule has 1 N–H and O–H groups in total. The molecule has 0 fully saturated rings. The zero-order valence-corrected chi connectivity index (χ0v) is 14.8. The third-order valence-corrected chi connectivity index (χ3v) is 4.94. The molecule has 5 rings (SSSR count). The molecule has 0 saturated carbocycles. The Kier molecular flexibility index (Phi) is 3.49. The van der Waals surface area contributed by atoms with Crippen molar-refractivity contribution < 1.29 is 9.47 Å². The van der Waals surface area contributed by atoms with Crippen molar-refractivity contribution in [2.24, 2.45) is 0 Å². The maximum atomic E-state index is 5.42. The lowest BCUT2D eigenvalue weighted by Gasteiger charge is -2.04. The molecule has 1 aromatic carbocycles. The molecule has 0 bridgehead atoms. The van der Waals surface area contributed by atoms with Crippen LogP contribution in [-0.2, 0) is 6.42 Å². The summed E-state index contributed by atoms with van der Waals surface area (Å²) >= 11 is 1.55. The van der Waals surface area contributed by atoms with Gasteiger partial charge < -0.3 is 14.8 Å². The Hall–Kier alpha value is -3.13. The zero-order valence-electron chi connectivity index (χ0n) is 14.0. The van der Waals surface area contributed by atoms with Crippen molar-refractivity contribution >= 4 is 27.9 Å². The van der Waals surface area contributed by atoms with E-state index in [2.05, 4.69) is 22.2 Å². The summed E-state index contributed by atoms with van der Waals surface area (Å²) < 4.78 is 12.8. The molecule has 0 saturated heterocycles. The molecule has 8 heteroatoms. The van der Waals surface area contributed by atoms with E-state index in [1.165, 1.54) is 0 Å². The van der Waals surface area contributed by atoms with E-state index in [0.29, 0.717) is 5.78 Å². The van der Waals surface area contributed by atoms with Crippen LogP contribution in [0.2, 0.25) is 0 Å². The summed E-state index contributed by atoms with van der Waals surface area (Å²) in [5, 5.41) is 6.17. The number of nitrogens with one attached hydrogen (secondary N) is 1. The lowest BCUT2D eigenvalue weighted by Crippen LogP contribution is -1.93. The maximum absolute atomic E-state index is 5.42. The molecule has 0 spiro atoms. The number of fused-ring (bicyclic) bond motifs is 2. The fourth-order valence-electron chi connectivity index (χ4n) is 2.99. The van der Waals surface area contributed by atoms with Crippen molar-refractivity contribution in [2.45, 2.75) is 13.3 Å². The van der Waals surface area contributed by atoms with Crippen LogP contribution in [0.1, 0.15) is 12.6 Å². The largest absolute Gasteiger partial charge is 0.454 e. The first-order chi connectivity index (χ1) is 12.8. The molecule has 4 aromatic rings. The van der Waals surface area contributed by atoms with Crippen LogP contribution in [0.15, 0.2) is 42.0 Å². The molecule has 4 heterocycles. The first-order valence-corrected chi connectivity index (χ1v) is 9.14. The van der Waals surface area contributed by atoms with Crippen molar-refractivity contribution in [1.29, 1.82) is 0 Å². The van der Waals surface area contributed by atoms with Crippen LogP contribution in [0, 0.1) is 0 Å². The van der Waals surface area contributed by atoms with Gasteiger partial charge in [0.15, 0.2) is 16.6 Å². The van der Waals surface area contributed by atoms with E-state index in [-0.39, 0.29) is 6.79 Å². The van der Waals surface area contributed by atoms with E-state index in [4.69, 9.17) is 14.5 Å². The van der Waals surface area contributed by atoms with Crippen LogP contribution >= 0.6 is 11.3 Å². The highest BCUT2D eigenvalue weighted by Crippen LogP contribution is 2.36. The highest BCUT2D eigenvalue weighted by molar-refractivity contribution is 7.14. The van der Waals surface area contributed by atoms with E-state index in [0.717, 1.165) is 45.8 Å². The molecule has 3 aromatic heterocycles. The number of anilines is 2. The Bertz CT molecular complexity index is 1100. The molecule has 7 nitrogen and oxygen atoms in total. The van der Waals surface area contributed by atoms with Crippen LogP contribution < -0.4 is 14.8 Å². The Morgan fingerprint density at radius 1 is 1.23 bits per heavy atom. The Morgan fingerprint density at radius 2 is 2.15 bits per heavy atom. The number of benzene rings is 1. The third-order valence-electron chi connectivity index (χ3n) is 4.18. The van der Waals surface area contributed by atoms with Crippen LogP contribution in [0.5, 0.6) is 11.5 Å². The number of aromatic nitrogens is 4. The van der Waals surface area contributed by atoms with Gasteiger partial charge in [-0.3, -0.25) is 4.40 Å². The molecule has 0 atom stereocenters. The summed E-state index contributed by atoms with van der Waals surface area (Å²) in [7, 11) is 0. The van der Waals surface area contributed by atoms with E-state index >= 15 is 0 Å². The summed E-state index contributed by atoms with van der Waals surface area (Å²) in [6, 6.07) is 7.66. The number of nitrogens with zero attached hydrogens (tertiary/aromatic N) is 4. The van der Waals surface area contributed by atoms with Crippen LogP contribution in [0.3, 0.4) is 0 Å². The summed E-state index contributed by atoms with van der Waals surface area (Å²) in [4.78, 5) is 13.7. The number of aryl methyl sites for hydroxylation is 1. The van der Waals surface area contributed by atoms with Gasteiger partial charge in [0.25, 0.3) is 0 Å². The van der Waals surface area contributed by atoms with Crippen molar-refractivity contribution in [3.63, 3.8) is 0 Å². The number of rotatable bonds is 4. The van der Waals surface area contributed by atoms with Gasteiger partial charge in [-0.25, -0.2) is 15.0 Å². The lowest BCUT2D eigenvalue weighted by molar-refractivity contribution is 0.174. The van der Waals surface area contributed by atoms with Crippen molar-refractivity contribution in [2.75, 3.05) is 12.1 Å². The number of hydrogen-bond acceptors (Lipinski definition) is 7. The number of ether oxygens (including phenoxy) is 2. The summed E-state index contributed by atoms with van der Waals surface area (Å²) in [5.74, 6) is 2.20. The van der Waals surface area contributed by atoms with Crippen molar-refractivity contribution in [3.05, 3.63) is 47.7 Å². The van der Waals surface area contributed by atoms with Gasteiger partial charge in [0.05, 0.1) is 11.4 Å². The Balaban J connectivity index is 1.49. The quantitative estimate of drug-likeness (QED) is 0.591. The van der Waals surface area contributed by atoms with Gasteiger partial charge in [-0.15, -0.1) is 11.3 Å². The van der Waals surface area contributed by atoms with Gasteiger partial charge in [0, 0.05) is 29.5 Å². The average molecular weight is 365 g/mol. The van der Waals surface area contributed by atoms with Crippen molar-refractivity contribution in [1.82, 2.24) is 19.4 Å². The van der Waals surface area contributed by atoms with Crippen molar-refractivity contribution in [3.8, 4) is 22.9 Å². The van der Waals surface area contributed by atoms with Crippen LogP contribution in [0.4, 0.5) is 10.8 Å². The predicted molar refractivity (Wildman–Crippen MR) is 99.3 cm³/mol. The van der Waals surface area contributed by atoms with Crippen LogP contribution in [0.25, 0.3) is 17.2 Å². The van der Waals surface area contributed by atoms with Gasteiger partial charge in [0.1, 0.15) is 5.69 Å². The molecular formula is C18H15N5O2S. The topological polar surface area (TPSA) is 73.6 Å². The first-order valence-electron chi connectivity index (χ1n) is 8.26. The molecule has 26 heavy (non-hydrogen) atoms. The van der Waals surface area contributed by atoms with E-state index in [1.54, 1.807) is 17.5 Å².